The molecule has 0 aliphatic heterocycles. The number of methoxy groups -OCH3 is 1. The molecule has 0 heterocycles. The molecule has 0 spiro atoms. The van der Waals surface area contributed by atoms with Gasteiger partial charge >= 0.3 is 0 Å². The van der Waals surface area contributed by atoms with E-state index in [1.807, 2.05) is 24.3 Å². The second-order valence-electron chi connectivity index (χ2n) is 5.19. The summed E-state index contributed by atoms with van der Waals surface area (Å²) in [6.45, 7) is 1.14. The van der Waals surface area contributed by atoms with E-state index in [0.29, 0.717) is 24.8 Å². The first-order chi connectivity index (χ1) is 11.6. The average Bonchev–Trinajstić information content (AvgIpc) is 2.60. The number of phenols is 1. The van der Waals surface area contributed by atoms with Gasteiger partial charge in [-0.05, 0) is 36.2 Å². The van der Waals surface area contributed by atoms with Gasteiger partial charge in [0.2, 0.25) is 0 Å². The number of hydrogen-bond donors (Lipinski definition) is 3. The first-order valence-corrected chi connectivity index (χ1v) is 8.05. The fourth-order valence-corrected chi connectivity index (χ4v) is 2.48. The van der Waals surface area contributed by atoms with Crippen molar-refractivity contribution in [2.75, 3.05) is 20.7 Å². The maximum atomic E-state index is 9.90. The van der Waals surface area contributed by atoms with E-state index in [1.165, 1.54) is 0 Å². The fourth-order valence-electron chi connectivity index (χ4n) is 2.25. The van der Waals surface area contributed by atoms with Crippen LogP contribution in [0.25, 0.3) is 0 Å². The highest BCUT2D eigenvalue weighted by atomic mass is 127. The van der Waals surface area contributed by atoms with Crippen LogP contribution < -0.4 is 15.4 Å². The van der Waals surface area contributed by atoms with E-state index in [4.69, 9.17) is 16.3 Å². The van der Waals surface area contributed by atoms with E-state index in [1.54, 1.807) is 32.4 Å². The third kappa shape index (κ3) is 6.62. The van der Waals surface area contributed by atoms with Crippen LogP contribution in [0.4, 0.5) is 0 Å². The topological polar surface area (TPSA) is 65.9 Å². The van der Waals surface area contributed by atoms with Crippen LogP contribution in [0.15, 0.2) is 47.5 Å². The molecule has 0 saturated carbocycles. The lowest BCUT2D eigenvalue weighted by Crippen LogP contribution is -2.37. The van der Waals surface area contributed by atoms with E-state index < -0.39 is 0 Å². The van der Waals surface area contributed by atoms with E-state index in [2.05, 4.69) is 15.6 Å². The van der Waals surface area contributed by atoms with Crippen molar-refractivity contribution in [3.63, 3.8) is 0 Å². The Balaban J connectivity index is 0.00000312. The van der Waals surface area contributed by atoms with Crippen molar-refractivity contribution in [3.05, 3.63) is 58.6 Å². The smallest absolute Gasteiger partial charge is 0.191 e. The Labute approximate surface area is 170 Å². The van der Waals surface area contributed by atoms with Gasteiger partial charge in [0.25, 0.3) is 0 Å². The summed E-state index contributed by atoms with van der Waals surface area (Å²) in [6.07, 6.45) is 0.796. The summed E-state index contributed by atoms with van der Waals surface area (Å²) < 4.78 is 5.17. The molecule has 0 aliphatic rings. The van der Waals surface area contributed by atoms with Crippen LogP contribution in [0, 0.1) is 0 Å². The van der Waals surface area contributed by atoms with Gasteiger partial charge in [-0.15, -0.1) is 24.0 Å². The van der Waals surface area contributed by atoms with Crippen LogP contribution in [0.2, 0.25) is 5.02 Å². The average molecular weight is 476 g/mol. The molecule has 0 radical (unpaired) electrons. The zero-order valence-corrected chi connectivity index (χ0v) is 17.3. The molecular weight excluding hydrogens is 453 g/mol. The summed E-state index contributed by atoms with van der Waals surface area (Å²) in [7, 11) is 3.30. The van der Waals surface area contributed by atoms with Crippen molar-refractivity contribution in [1.82, 2.24) is 10.6 Å². The van der Waals surface area contributed by atoms with E-state index in [-0.39, 0.29) is 29.7 Å². The molecule has 2 aromatic rings. The summed E-state index contributed by atoms with van der Waals surface area (Å²) >= 11 is 6.15. The molecule has 0 fully saturated rings. The van der Waals surface area contributed by atoms with E-state index in [9.17, 15) is 5.11 Å². The first kappa shape index (κ1) is 21.4. The Bertz CT molecular complexity index is 710. The number of aromatic hydroxyl groups is 1. The third-order valence-electron chi connectivity index (χ3n) is 3.60. The summed E-state index contributed by atoms with van der Waals surface area (Å²) in [6, 6.07) is 12.9. The van der Waals surface area contributed by atoms with Crippen molar-refractivity contribution >= 4 is 41.5 Å². The van der Waals surface area contributed by atoms with Crippen LogP contribution >= 0.6 is 35.6 Å². The Morgan fingerprint density at radius 3 is 2.60 bits per heavy atom. The quantitative estimate of drug-likeness (QED) is 0.339. The van der Waals surface area contributed by atoms with Gasteiger partial charge in [-0.1, -0.05) is 29.8 Å². The molecule has 3 N–H and O–H groups in total. The number of nitrogens with zero attached hydrogens (tertiary/aromatic N) is 1. The Morgan fingerprint density at radius 1 is 1.16 bits per heavy atom. The summed E-state index contributed by atoms with van der Waals surface area (Å²) in [5.74, 6) is 1.57. The zero-order valence-electron chi connectivity index (χ0n) is 14.3. The Morgan fingerprint density at radius 2 is 1.92 bits per heavy atom. The number of nitrogens with one attached hydrogen (secondary N) is 2. The molecular formula is C18H23ClIN3O2. The second kappa shape index (κ2) is 11.0. The molecule has 5 nitrogen and oxygen atoms in total. The van der Waals surface area contributed by atoms with Gasteiger partial charge in [-0.2, -0.15) is 0 Å². The molecule has 136 valence electrons. The molecule has 0 saturated heterocycles. The molecule has 2 rings (SSSR count). The van der Waals surface area contributed by atoms with E-state index >= 15 is 0 Å². The third-order valence-corrected chi connectivity index (χ3v) is 3.97. The van der Waals surface area contributed by atoms with Crippen LogP contribution in [-0.4, -0.2) is 31.8 Å². The Kier molecular flexibility index (Phi) is 9.44. The molecule has 2 aromatic carbocycles. The molecule has 0 bridgehead atoms. The number of aliphatic imine (C=N–C) groups is 1. The van der Waals surface area contributed by atoms with Gasteiger partial charge in [-0.3, -0.25) is 4.99 Å². The van der Waals surface area contributed by atoms with Gasteiger partial charge in [0.15, 0.2) is 5.96 Å². The van der Waals surface area contributed by atoms with Gasteiger partial charge < -0.3 is 20.5 Å². The highest BCUT2D eigenvalue weighted by molar-refractivity contribution is 14.0. The largest absolute Gasteiger partial charge is 0.508 e. The minimum atomic E-state index is 0. The summed E-state index contributed by atoms with van der Waals surface area (Å²) in [5, 5.41) is 17.1. The highest BCUT2D eigenvalue weighted by Crippen LogP contribution is 2.22. The molecule has 0 amide bonds. The van der Waals surface area contributed by atoms with Gasteiger partial charge in [0, 0.05) is 30.7 Å². The maximum absolute atomic E-state index is 9.90. The molecule has 7 heteroatoms. The lowest BCUT2D eigenvalue weighted by molar-refractivity contribution is 0.410. The molecule has 0 atom stereocenters. The highest BCUT2D eigenvalue weighted by Gasteiger charge is 2.05. The van der Waals surface area contributed by atoms with Gasteiger partial charge in [0.1, 0.15) is 11.5 Å². The standard InChI is InChI=1S/C18H22ClN3O2.HI/c1-20-18(21-10-9-13-5-3-4-6-16(13)19)22-12-14-11-15(24-2)7-8-17(14)23;/h3-8,11,23H,9-10,12H2,1-2H3,(H2,20,21,22);1H. The van der Waals surface area contributed by atoms with Crippen LogP contribution in [0.5, 0.6) is 11.5 Å². The number of hydrogen-bond acceptors (Lipinski definition) is 3. The number of halogens is 2. The minimum Gasteiger partial charge on any atom is -0.508 e. The zero-order chi connectivity index (χ0) is 17.4. The maximum Gasteiger partial charge on any atom is 0.191 e. The summed E-state index contributed by atoms with van der Waals surface area (Å²) in [5.41, 5.74) is 1.83. The van der Waals surface area contributed by atoms with Crippen LogP contribution in [0.1, 0.15) is 11.1 Å². The fraction of sp³-hybridized carbons (Fsp3) is 0.278. The molecule has 0 aromatic heterocycles. The van der Waals surface area contributed by atoms with E-state index in [0.717, 1.165) is 22.6 Å². The predicted octanol–water partition coefficient (Wildman–Crippen LogP) is 3.58. The number of rotatable bonds is 6. The SMILES string of the molecule is CN=C(NCCc1ccccc1Cl)NCc1cc(OC)ccc1O.I. The first-order valence-electron chi connectivity index (χ1n) is 7.68. The number of guanidine groups is 1. The Hall–Kier alpha value is -1.67. The van der Waals surface area contributed by atoms with Crippen LogP contribution in [-0.2, 0) is 13.0 Å². The molecule has 0 unspecified atom stereocenters. The number of benzene rings is 2. The van der Waals surface area contributed by atoms with Crippen molar-refractivity contribution in [3.8, 4) is 11.5 Å². The minimum absolute atomic E-state index is 0. The predicted molar refractivity (Wildman–Crippen MR) is 113 cm³/mol. The van der Waals surface area contributed by atoms with Crippen molar-refractivity contribution < 1.29 is 9.84 Å². The van der Waals surface area contributed by atoms with Gasteiger partial charge in [-0.25, -0.2) is 0 Å². The monoisotopic (exact) mass is 475 g/mol. The van der Waals surface area contributed by atoms with Crippen LogP contribution in [0.3, 0.4) is 0 Å². The lowest BCUT2D eigenvalue weighted by atomic mass is 10.1. The molecule has 0 aliphatic carbocycles. The van der Waals surface area contributed by atoms with Crippen molar-refractivity contribution in [2.45, 2.75) is 13.0 Å². The number of ether oxygens (including phenoxy) is 1. The van der Waals surface area contributed by atoms with Crippen molar-refractivity contribution in [2.24, 2.45) is 4.99 Å². The summed E-state index contributed by atoms with van der Waals surface area (Å²) in [4.78, 5) is 4.18. The van der Waals surface area contributed by atoms with Crippen molar-refractivity contribution in [1.29, 1.82) is 0 Å². The normalized spacial score (nSPS) is 10.8. The number of phenolic OH excluding ortho intramolecular Hbond substituents is 1. The second-order valence-corrected chi connectivity index (χ2v) is 5.60. The van der Waals surface area contributed by atoms with Gasteiger partial charge in [0.05, 0.1) is 7.11 Å². The lowest BCUT2D eigenvalue weighted by Gasteiger charge is -2.13. The molecule has 25 heavy (non-hydrogen) atoms.